The van der Waals surface area contributed by atoms with Crippen LogP contribution in [0.3, 0.4) is 0 Å². The van der Waals surface area contributed by atoms with Gasteiger partial charge in [0, 0.05) is 5.57 Å². The van der Waals surface area contributed by atoms with Crippen molar-refractivity contribution in [2.45, 2.75) is 17.5 Å². The Labute approximate surface area is 238 Å². The van der Waals surface area contributed by atoms with Crippen LogP contribution in [0.1, 0.15) is 0 Å². The average Bonchev–Trinajstić information content (AvgIpc) is 3.01. The number of nitrogens with zero attached hydrogens (tertiary/aromatic N) is 2. The molecule has 3 unspecified atom stereocenters. The van der Waals surface area contributed by atoms with Crippen molar-refractivity contribution in [2.24, 2.45) is 0 Å². The van der Waals surface area contributed by atoms with E-state index in [9.17, 15) is 19.2 Å². The van der Waals surface area contributed by atoms with Gasteiger partial charge in [0.1, 0.15) is 47.7 Å². The number of carbonyl (C=O) groups excluding carboxylic acids is 3. The molecule has 2 aliphatic rings. The summed E-state index contributed by atoms with van der Waals surface area (Å²) < 4.78 is 11.6. The smallest absolute Gasteiger partial charge is 0.259 e. The SMILES string of the molecule is O=CC1C(COc2ccccc2-c2nc3ccccc3c(=O)[nH]2)=CSC2C(NC(=O)COc3ccccc3)C(=O)N12. The molecule has 6 rings (SSSR count). The molecular formula is C30H24N4O6S. The van der Waals surface area contributed by atoms with Crippen molar-refractivity contribution in [3.63, 3.8) is 0 Å². The van der Waals surface area contributed by atoms with Gasteiger partial charge in [0.25, 0.3) is 11.5 Å². The molecule has 2 amide bonds. The first-order valence-electron chi connectivity index (χ1n) is 12.8. The van der Waals surface area contributed by atoms with E-state index in [1.165, 1.54) is 16.7 Å². The lowest BCUT2D eigenvalue weighted by Gasteiger charge is -2.51. The zero-order valence-electron chi connectivity index (χ0n) is 21.6. The number of fused-ring (bicyclic) bond motifs is 2. The summed E-state index contributed by atoms with van der Waals surface area (Å²) in [6.45, 7) is -0.197. The molecule has 0 spiro atoms. The number of benzene rings is 3. The Morgan fingerprint density at radius 3 is 2.59 bits per heavy atom. The van der Waals surface area contributed by atoms with E-state index in [1.807, 2.05) is 18.2 Å². The Hall–Kier alpha value is -4.90. The fourth-order valence-electron chi connectivity index (χ4n) is 4.78. The van der Waals surface area contributed by atoms with Crippen molar-refractivity contribution < 1.29 is 23.9 Å². The summed E-state index contributed by atoms with van der Waals surface area (Å²) in [6, 6.07) is 21.5. The zero-order chi connectivity index (χ0) is 28.3. The molecule has 206 valence electrons. The molecule has 3 atom stereocenters. The number of hydrogen-bond acceptors (Lipinski definition) is 8. The fraction of sp³-hybridized carbons (Fsp3) is 0.167. The fourth-order valence-corrected chi connectivity index (χ4v) is 6.01. The number of rotatable bonds is 9. The molecule has 0 aliphatic carbocycles. The zero-order valence-corrected chi connectivity index (χ0v) is 22.4. The standard InChI is InChI=1S/C30H24N4O6S/c35-14-23-18(17-41-30-26(29(38)34(23)30)32-25(36)16-39-19-8-2-1-3-9-19)15-40-24-13-7-5-11-21(24)27-31-22-12-6-4-10-20(22)28(37)33-27/h1-14,17,23,26,30H,15-16H2,(H,32,36)(H,31,33,37). The van der Waals surface area contributed by atoms with Crippen LogP contribution in [0.5, 0.6) is 11.5 Å². The number of H-pyrrole nitrogens is 1. The summed E-state index contributed by atoms with van der Waals surface area (Å²) in [7, 11) is 0. The Morgan fingerprint density at radius 2 is 1.76 bits per heavy atom. The highest BCUT2D eigenvalue weighted by Gasteiger charge is 2.53. The topological polar surface area (TPSA) is 131 Å². The number of carbonyl (C=O) groups is 3. The molecule has 4 aromatic rings. The van der Waals surface area contributed by atoms with Gasteiger partial charge in [0.05, 0.1) is 16.5 Å². The predicted octanol–water partition coefficient (Wildman–Crippen LogP) is 2.90. The highest BCUT2D eigenvalue weighted by atomic mass is 32.2. The number of aldehydes is 1. The third kappa shape index (κ3) is 5.19. The van der Waals surface area contributed by atoms with Crippen LogP contribution in [0.4, 0.5) is 0 Å². The lowest BCUT2D eigenvalue weighted by molar-refractivity contribution is -0.152. The summed E-state index contributed by atoms with van der Waals surface area (Å²) in [5, 5.41) is 4.57. The molecule has 1 aromatic heterocycles. The van der Waals surface area contributed by atoms with Gasteiger partial charge in [-0.3, -0.25) is 14.4 Å². The number of para-hydroxylation sites is 3. The number of thioether (sulfide) groups is 1. The number of amides is 2. The van der Waals surface area contributed by atoms with Gasteiger partial charge in [0.2, 0.25) is 5.91 Å². The first-order valence-corrected chi connectivity index (χ1v) is 13.8. The maximum Gasteiger partial charge on any atom is 0.259 e. The minimum Gasteiger partial charge on any atom is -0.488 e. The summed E-state index contributed by atoms with van der Waals surface area (Å²) >= 11 is 1.34. The lowest BCUT2D eigenvalue weighted by atomic mass is 9.99. The number of aromatic amines is 1. The van der Waals surface area contributed by atoms with Crippen LogP contribution in [0.2, 0.25) is 0 Å². The van der Waals surface area contributed by atoms with Crippen molar-refractivity contribution in [3.05, 3.63) is 100 Å². The van der Waals surface area contributed by atoms with Crippen molar-refractivity contribution in [1.82, 2.24) is 20.2 Å². The van der Waals surface area contributed by atoms with Crippen LogP contribution in [0.25, 0.3) is 22.3 Å². The van der Waals surface area contributed by atoms with Crippen molar-refractivity contribution in [1.29, 1.82) is 0 Å². The predicted molar refractivity (Wildman–Crippen MR) is 153 cm³/mol. The van der Waals surface area contributed by atoms with Gasteiger partial charge in [-0.2, -0.15) is 0 Å². The second-order valence-electron chi connectivity index (χ2n) is 9.41. The molecule has 0 radical (unpaired) electrons. The second-order valence-corrected chi connectivity index (χ2v) is 10.4. The molecular weight excluding hydrogens is 544 g/mol. The van der Waals surface area contributed by atoms with Crippen LogP contribution in [0, 0.1) is 0 Å². The van der Waals surface area contributed by atoms with Crippen LogP contribution < -0.4 is 20.3 Å². The third-order valence-corrected chi connectivity index (χ3v) is 8.04. The summed E-state index contributed by atoms with van der Waals surface area (Å²) in [5.74, 6) is 0.592. The number of β-lactam (4-membered cyclic amide) rings is 1. The van der Waals surface area contributed by atoms with E-state index in [4.69, 9.17) is 9.47 Å². The van der Waals surface area contributed by atoms with E-state index in [2.05, 4.69) is 15.3 Å². The van der Waals surface area contributed by atoms with Gasteiger partial charge in [-0.25, -0.2) is 4.98 Å². The highest BCUT2D eigenvalue weighted by Crippen LogP contribution is 2.39. The Balaban J connectivity index is 1.13. The lowest BCUT2D eigenvalue weighted by Crippen LogP contribution is -2.73. The molecule has 2 N–H and O–H groups in total. The molecule has 41 heavy (non-hydrogen) atoms. The third-order valence-electron chi connectivity index (χ3n) is 6.83. The van der Waals surface area contributed by atoms with E-state index in [-0.39, 0.29) is 24.7 Å². The second kappa shape index (κ2) is 11.3. The Kier molecular flexibility index (Phi) is 7.26. The molecule has 1 saturated heterocycles. The van der Waals surface area contributed by atoms with Crippen molar-refractivity contribution in [3.8, 4) is 22.9 Å². The molecule has 1 fully saturated rings. The minimum atomic E-state index is -0.826. The summed E-state index contributed by atoms with van der Waals surface area (Å²) in [6.07, 6.45) is 0.699. The van der Waals surface area contributed by atoms with Gasteiger partial charge in [-0.15, -0.1) is 11.8 Å². The van der Waals surface area contributed by atoms with Gasteiger partial charge < -0.3 is 29.5 Å². The van der Waals surface area contributed by atoms with Crippen LogP contribution >= 0.6 is 11.8 Å². The summed E-state index contributed by atoms with van der Waals surface area (Å²) in [4.78, 5) is 58.9. The normalized spacial score (nSPS) is 19.5. The van der Waals surface area contributed by atoms with E-state index < -0.39 is 23.4 Å². The quantitative estimate of drug-likeness (QED) is 0.233. The summed E-state index contributed by atoms with van der Waals surface area (Å²) in [5.41, 5.74) is 1.48. The Morgan fingerprint density at radius 1 is 1.00 bits per heavy atom. The van der Waals surface area contributed by atoms with Gasteiger partial charge >= 0.3 is 0 Å². The largest absolute Gasteiger partial charge is 0.488 e. The average molecular weight is 569 g/mol. The molecule has 11 heteroatoms. The minimum absolute atomic E-state index is 0.0314. The van der Waals surface area contributed by atoms with E-state index in [0.717, 1.165) is 0 Å². The molecule has 3 aromatic carbocycles. The number of aromatic nitrogens is 2. The molecule has 0 bridgehead atoms. The molecule has 0 saturated carbocycles. The van der Waals surface area contributed by atoms with Crippen molar-refractivity contribution >= 4 is 40.8 Å². The van der Waals surface area contributed by atoms with Gasteiger partial charge in [-0.1, -0.05) is 42.5 Å². The van der Waals surface area contributed by atoms with Crippen LogP contribution in [-0.4, -0.2) is 63.6 Å². The van der Waals surface area contributed by atoms with Crippen molar-refractivity contribution in [2.75, 3.05) is 13.2 Å². The van der Waals surface area contributed by atoms with E-state index >= 15 is 0 Å². The van der Waals surface area contributed by atoms with E-state index in [1.54, 1.807) is 66.1 Å². The van der Waals surface area contributed by atoms with Gasteiger partial charge in [0.15, 0.2) is 6.61 Å². The van der Waals surface area contributed by atoms with Crippen LogP contribution in [-0.2, 0) is 14.4 Å². The maximum atomic E-state index is 13.0. The number of hydrogen-bond donors (Lipinski definition) is 2. The Bertz CT molecular complexity index is 1720. The molecule has 2 aliphatic heterocycles. The number of nitrogens with one attached hydrogen (secondary N) is 2. The number of ether oxygens (including phenoxy) is 2. The maximum absolute atomic E-state index is 13.0. The monoisotopic (exact) mass is 568 g/mol. The molecule has 3 heterocycles. The van der Waals surface area contributed by atoms with E-state index in [0.29, 0.717) is 45.6 Å². The van der Waals surface area contributed by atoms with Gasteiger partial charge in [-0.05, 0) is 41.8 Å². The first-order chi connectivity index (χ1) is 20.0. The van der Waals surface area contributed by atoms with Crippen LogP contribution in [0.15, 0.2) is 94.6 Å². The first kappa shape index (κ1) is 26.3. The highest BCUT2D eigenvalue weighted by molar-refractivity contribution is 8.02. The molecule has 10 nitrogen and oxygen atoms in total.